The zero-order chi connectivity index (χ0) is 14.7. The molecule has 1 aromatic carbocycles. The number of thiazole rings is 1. The number of aryl methyl sites for hydroxylation is 1. The molecule has 2 aromatic heterocycles. The van der Waals surface area contributed by atoms with Gasteiger partial charge in [0.25, 0.3) is 0 Å². The van der Waals surface area contributed by atoms with Crippen molar-refractivity contribution in [2.24, 2.45) is 0 Å². The fraction of sp³-hybridized carbons (Fsp3) is 0.267. The van der Waals surface area contributed by atoms with Gasteiger partial charge in [-0.15, -0.1) is 11.3 Å². The predicted octanol–water partition coefficient (Wildman–Crippen LogP) is 3.96. The zero-order valence-electron chi connectivity index (χ0n) is 12.1. The Balaban J connectivity index is 1.84. The summed E-state index contributed by atoms with van der Waals surface area (Å²) in [6, 6.07) is 8.04. The number of hydrogen-bond acceptors (Lipinski definition) is 6. The Morgan fingerprint density at radius 3 is 2.86 bits per heavy atom. The Morgan fingerprint density at radius 1 is 1.14 bits per heavy atom. The van der Waals surface area contributed by atoms with E-state index < -0.39 is 0 Å². The van der Waals surface area contributed by atoms with E-state index in [9.17, 15) is 0 Å². The van der Waals surface area contributed by atoms with Crippen molar-refractivity contribution in [1.82, 2.24) is 15.0 Å². The molecule has 3 aromatic rings. The number of fused-ring (bicyclic) bond motifs is 1. The first-order valence-corrected chi connectivity index (χ1v) is 7.82. The van der Waals surface area contributed by atoms with E-state index >= 15 is 0 Å². The van der Waals surface area contributed by atoms with Gasteiger partial charge >= 0.3 is 0 Å². The summed E-state index contributed by atoms with van der Waals surface area (Å²) in [4.78, 5) is 13.1. The number of benzene rings is 1. The van der Waals surface area contributed by atoms with Crippen molar-refractivity contribution < 1.29 is 0 Å². The van der Waals surface area contributed by atoms with Crippen molar-refractivity contribution in [1.29, 1.82) is 0 Å². The molecule has 3 rings (SSSR count). The SMILES string of the molecule is CCCNc1cc(Nc2ccc3ncsc3c2)nc(C)n1. The maximum atomic E-state index is 4.43. The summed E-state index contributed by atoms with van der Waals surface area (Å²) in [5, 5.41) is 6.62. The van der Waals surface area contributed by atoms with Crippen LogP contribution in [0.15, 0.2) is 29.8 Å². The third-order valence-electron chi connectivity index (χ3n) is 3.00. The topological polar surface area (TPSA) is 62.7 Å². The number of anilines is 3. The van der Waals surface area contributed by atoms with Crippen LogP contribution in [0.25, 0.3) is 10.2 Å². The molecule has 0 amide bonds. The summed E-state index contributed by atoms with van der Waals surface area (Å²) in [5.74, 6) is 2.40. The van der Waals surface area contributed by atoms with Crippen molar-refractivity contribution in [3.05, 3.63) is 35.6 Å². The average Bonchev–Trinajstić information content (AvgIpc) is 2.92. The molecule has 0 saturated heterocycles. The van der Waals surface area contributed by atoms with Gasteiger partial charge < -0.3 is 10.6 Å². The molecular weight excluding hydrogens is 282 g/mol. The lowest BCUT2D eigenvalue weighted by Crippen LogP contribution is -2.05. The molecule has 6 heteroatoms. The second kappa shape index (κ2) is 6.05. The Morgan fingerprint density at radius 2 is 2.00 bits per heavy atom. The largest absolute Gasteiger partial charge is 0.370 e. The molecule has 0 radical (unpaired) electrons. The monoisotopic (exact) mass is 299 g/mol. The van der Waals surface area contributed by atoms with Gasteiger partial charge in [-0.05, 0) is 31.5 Å². The first kappa shape index (κ1) is 13.8. The molecule has 0 atom stereocenters. The summed E-state index contributed by atoms with van der Waals surface area (Å²) in [5.41, 5.74) is 3.89. The van der Waals surface area contributed by atoms with Crippen LogP contribution in [0.3, 0.4) is 0 Å². The number of nitrogens with zero attached hydrogens (tertiary/aromatic N) is 3. The van der Waals surface area contributed by atoms with Crippen molar-refractivity contribution in [3.8, 4) is 0 Å². The molecule has 0 bridgehead atoms. The lowest BCUT2D eigenvalue weighted by molar-refractivity contribution is 0.955. The highest BCUT2D eigenvalue weighted by Crippen LogP contribution is 2.24. The lowest BCUT2D eigenvalue weighted by atomic mass is 10.3. The summed E-state index contributed by atoms with van der Waals surface area (Å²) in [6.45, 7) is 4.93. The number of rotatable bonds is 5. The number of hydrogen-bond donors (Lipinski definition) is 2. The summed E-state index contributed by atoms with van der Waals surface area (Å²) >= 11 is 1.63. The molecule has 0 spiro atoms. The van der Waals surface area contributed by atoms with Crippen LogP contribution in [-0.2, 0) is 0 Å². The van der Waals surface area contributed by atoms with Crippen LogP contribution in [0.5, 0.6) is 0 Å². The average molecular weight is 299 g/mol. The molecule has 0 aliphatic rings. The normalized spacial score (nSPS) is 10.8. The van der Waals surface area contributed by atoms with E-state index in [0.717, 1.165) is 46.3 Å². The van der Waals surface area contributed by atoms with E-state index in [0.29, 0.717) is 0 Å². The molecule has 2 N–H and O–H groups in total. The fourth-order valence-electron chi connectivity index (χ4n) is 2.06. The maximum Gasteiger partial charge on any atom is 0.136 e. The van der Waals surface area contributed by atoms with Gasteiger partial charge in [0, 0.05) is 18.3 Å². The molecule has 5 nitrogen and oxygen atoms in total. The minimum Gasteiger partial charge on any atom is -0.370 e. The Labute approximate surface area is 127 Å². The fourth-order valence-corrected chi connectivity index (χ4v) is 2.77. The first-order chi connectivity index (χ1) is 10.2. The third kappa shape index (κ3) is 3.28. The van der Waals surface area contributed by atoms with Crippen LogP contribution in [0.1, 0.15) is 19.2 Å². The Hall–Kier alpha value is -2.21. The van der Waals surface area contributed by atoms with Gasteiger partial charge in [0.2, 0.25) is 0 Å². The van der Waals surface area contributed by atoms with Gasteiger partial charge in [-0.25, -0.2) is 15.0 Å². The van der Waals surface area contributed by atoms with Crippen LogP contribution >= 0.6 is 11.3 Å². The molecule has 0 aliphatic heterocycles. The Kier molecular flexibility index (Phi) is 3.96. The zero-order valence-corrected chi connectivity index (χ0v) is 12.9. The molecule has 0 fully saturated rings. The second-order valence-corrected chi connectivity index (χ2v) is 5.66. The highest BCUT2D eigenvalue weighted by Gasteiger charge is 2.04. The molecule has 108 valence electrons. The van der Waals surface area contributed by atoms with Gasteiger partial charge in [-0.1, -0.05) is 6.92 Å². The van der Waals surface area contributed by atoms with Crippen LogP contribution in [0, 0.1) is 6.92 Å². The van der Waals surface area contributed by atoms with Crippen molar-refractivity contribution in [2.45, 2.75) is 20.3 Å². The van der Waals surface area contributed by atoms with E-state index in [1.54, 1.807) is 11.3 Å². The summed E-state index contributed by atoms with van der Waals surface area (Å²) in [6.07, 6.45) is 1.06. The van der Waals surface area contributed by atoms with Crippen molar-refractivity contribution >= 4 is 38.9 Å². The number of aromatic nitrogens is 3. The quantitative estimate of drug-likeness (QED) is 0.746. The van der Waals surface area contributed by atoms with E-state index in [1.165, 1.54) is 0 Å². The van der Waals surface area contributed by atoms with Crippen LogP contribution in [-0.4, -0.2) is 21.5 Å². The predicted molar refractivity (Wildman–Crippen MR) is 88.5 cm³/mol. The molecule has 0 saturated carbocycles. The molecule has 0 aliphatic carbocycles. The van der Waals surface area contributed by atoms with E-state index in [4.69, 9.17) is 0 Å². The first-order valence-electron chi connectivity index (χ1n) is 6.94. The minimum atomic E-state index is 0.748. The molecule has 2 heterocycles. The lowest BCUT2D eigenvalue weighted by Gasteiger charge is -2.09. The van der Waals surface area contributed by atoms with Gasteiger partial charge in [0.05, 0.1) is 15.7 Å². The highest BCUT2D eigenvalue weighted by molar-refractivity contribution is 7.16. The van der Waals surface area contributed by atoms with Crippen molar-refractivity contribution in [3.63, 3.8) is 0 Å². The van der Waals surface area contributed by atoms with Crippen molar-refractivity contribution in [2.75, 3.05) is 17.2 Å². The Bertz CT molecular complexity index is 753. The minimum absolute atomic E-state index is 0.748. The van der Waals surface area contributed by atoms with Gasteiger partial charge in [0.15, 0.2) is 0 Å². The molecule has 21 heavy (non-hydrogen) atoms. The third-order valence-corrected chi connectivity index (χ3v) is 3.79. The van der Waals surface area contributed by atoms with E-state index in [2.05, 4.69) is 38.6 Å². The second-order valence-electron chi connectivity index (χ2n) is 4.77. The van der Waals surface area contributed by atoms with E-state index in [1.807, 2.05) is 30.6 Å². The van der Waals surface area contributed by atoms with E-state index in [-0.39, 0.29) is 0 Å². The van der Waals surface area contributed by atoms with Crippen LogP contribution in [0.2, 0.25) is 0 Å². The molecular formula is C15H17N5S. The summed E-state index contributed by atoms with van der Waals surface area (Å²) < 4.78 is 1.16. The van der Waals surface area contributed by atoms with Crippen LogP contribution in [0.4, 0.5) is 17.3 Å². The van der Waals surface area contributed by atoms with Crippen LogP contribution < -0.4 is 10.6 Å². The van der Waals surface area contributed by atoms with Gasteiger partial charge in [0.1, 0.15) is 17.5 Å². The molecule has 0 unspecified atom stereocenters. The van der Waals surface area contributed by atoms with Gasteiger partial charge in [-0.2, -0.15) is 0 Å². The maximum absolute atomic E-state index is 4.43. The standard InChI is InChI=1S/C15H17N5S/c1-3-6-16-14-8-15(19-10(2)18-14)20-11-4-5-12-13(7-11)21-9-17-12/h4-5,7-9H,3,6H2,1-2H3,(H2,16,18,19,20). The smallest absolute Gasteiger partial charge is 0.136 e. The highest BCUT2D eigenvalue weighted by atomic mass is 32.1. The number of nitrogens with one attached hydrogen (secondary N) is 2. The summed E-state index contributed by atoms with van der Waals surface area (Å²) in [7, 11) is 0. The van der Waals surface area contributed by atoms with Gasteiger partial charge in [-0.3, -0.25) is 0 Å².